The third kappa shape index (κ3) is 4.45. The Bertz CT molecular complexity index is 806. The highest BCUT2D eigenvalue weighted by Gasteiger charge is 2.35. The lowest BCUT2D eigenvalue weighted by Crippen LogP contribution is -3.14. The van der Waals surface area contributed by atoms with E-state index in [0.717, 1.165) is 32.7 Å². The lowest BCUT2D eigenvalue weighted by molar-refractivity contribution is -0.902. The minimum atomic E-state index is -3.60. The Kier molecular flexibility index (Phi) is 6.52. The summed E-state index contributed by atoms with van der Waals surface area (Å²) in [6.45, 7) is 8.99. The summed E-state index contributed by atoms with van der Waals surface area (Å²) in [5.41, 5.74) is 0.494. The van der Waals surface area contributed by atoms with Gasteiger partial charge in [0.2, 0.25) is 15.9 Å². The molecule has 154 valence electrons. The summed E-state index contributed by atoms with van der Waals surface area (Å²) >= 11 is 0. The van der Waals surface area contributed by atoms with E-state index in [1.54, 1.807) is 12.1 Å². The molecule has 1 N–H and O–H groups in total. The van der Waals surface area contributed by atoms with Gasteiger partial charge in [-0.1, -0.05) is 12.1 Å². The zero-order valence-corrected chi connectivity index (χ0v) is 17.5. The molecule has 0 aliphatic carbocycles. The van der Waals surface area contributed by atoms with Gasteiger partial charge in [-0.3, -0.25) is 9.59 Å². The standard InChI is InChI=1S/C20H29N3O4S/c1-3-21-12-14-22(15-13-21)20(25)18-8-10-23(11-9-18)28(26,27)19-6-4-17(5-7-19)16(2)24/h4-7,18H,3,8-15H2,1-2H3/p+1. The van der Waals surface area contributed by atoms with Crippen molar-refractivity contribution in [3.05, 3.63) is 29.8 Å². The molecule has 2 heterocycles. The minimum Gasteiger partial charge on any atom is -0.332 e. The number of nitrogens with zero attached hydrogens (tertiary/aromatic N) is 2. The SMILES string of the molecule is CC[NH+]1CCN(C(=O)C2CCN(S(=O)(=O)c3ccc(C(C)=O)cc3)CC2)CC1. The molecule has 0 saturated carbocycles. The fraction of sp³-hybridized carbons (Fsp3) is 0.600. The summed E-state index contributed by atoms with van der Waals surface area (Å²) in [5, 5.41) is 0. The Hall–Kier alpha value is -1.77. The summed E-state index contributed by atoms with van der Waals surface area (Å²) in [6.07, 6.45) is 1.12. The first-order valence-electron chi connectivity index (χ1n) is 10.1. The molecule has 0 radical (unpaired) electrons. The third-order valence-electron chi connectivity index (χ3n) is 5.98. The highest BCUT2D eigenvalue weighted by molar-refractivity contribution is 7.89. The predicted octanol–water partition coefficient (Wildman–Crippen LogP) is 0.0369. The Morgan fingerprint density at radius 2 is 1.61 bits per heavy atom. The molecule has 2 saturated heterocycles. The number of piperazine rings is 1. The molecule has 3 rings (SSSR count). The van der Waals surface area contributed by atoms with E-state index in [1.165, 1.54) is 28.3 Å². The van der Waals surface area contributed by atoms with E-state index in [2.05, 4.69) is 6.92 Å². The molecule has 0 atom stereocenters. The van der Waals surface area contributed by atoms with E-state index < -0.39 is 10.0 Å². The van der Waals surface area contributed by atoms with E-state index in [-0.39, 0.29) is 22.5 Å². The van der Waals surface area contributed by atoms with Gasteiger partial charge in [0.1, 0.15) is 0 Å². The Labute approximate surface area is 167 Å². The summed E-state index contributed by atoms with van der Waals surface area (Å²) in [6, 6.07) is 6.06. The van der Waals surface area contributed by atoms with E-state index in [9.17, 15) is 18.0 Å². The van der Waals surface area contributed by atoms with Crippen molar-refractivity contribution in [1.82, 2.24) is 9.21 Å². The van der Waals surface area contributed by atoms with Crippen molar-refractivity contribution in [2.24, 2.45) is 5.92 Å². The number of Topliss-reactive ketones (excluding diaryl/α,β-unsaturated/α-hetero) is 1. The second kappa shape index (κ2) is 8.71. The maximum absolute atomic E-state index is 12.9. The summed E-state index contributed by atoms with van der Waals surface area (Å²) < 4.78 is 27.2. The molecule has 0 bridgehead atoms. The van der Waals surface area contributed by atoms with Crippen LogP contribution in [0.5, 0.6) is 0 Å². The van der Waals surface area contributed by atoms with Crippen LogP contribution in [0.2, 0.25) is 0 Å². The zero-order chi connectivity index (χ0) is 20.3. The number of amides is 1. The smallest absolute Gasteiger partial charge is 0.243 e. The summed E-state index contributed by atoms with van der Waals surface area (Å²) in [7, 11) is -3.60. The molecule has 0 aromatic heterocycles. The van der Waals surface area contributed by atoms with E-state index in [1.807, 2.05) is 4.90 Å². The number of quaternary nitrogens is 1. The van der Waals surface area contributed by atoms with Crippen molar-refractivity contribution in [3.8, 4) is 0 Å². The predicted molar refractivity (Wildman–Crippen MR) is 106 cm³/mol. The molecule has 1 aromatic rings. The van der Waals surface area contributed by atoms with E-state index in [0.29, 0.717) is 31.5 Å². The number of benzene rings is 1. The second-order valence-corrected chi connectivity index (χ2v) is 9.63. The molecule has 2 aliphatic heterocycles. The normalized spacial score (nSPS) is 20.3. The number of hydrogen-bond acceptors (Lipinski definition) is 4. The van der Waals surface area contributed by atoms with Gasteiger partial charge in [-0.05, 0) is 38.8 Å². The van der Waals surface area contributed by atoms with Crippen LogP contribution in [-0.2, 0) is 14.8 Å². The fourth-order valence-electron chi connectivity index (χ4n) is 4.01. The highest BCUT2D eigenvalue weighted by atomic mass is 32.2. The van der Waals surface area contributed by atoms with E-state index >= 15 is 0 Å². The molecular formula is C20H30N3O4S+. The first-order valence-corrected chi connectivity index (χ1v) is 11.5. The van der Waals surface area contributed by atoms with Gasteiger partial charge in [-0.25, -0.2) is 8.42 Å². The molecule has 8 heteroatoms. The van der Waals surface area contributed by atoms with Crippen molar-refractivity contribution < 1.29 is 22.9 Å². The van der Waals surface area contributed by atoms with Gasteiger partial charge in [0.25, 0.3) is 0 Å². The quantitative estimate of drug-likeness (QED) is 0.698. The number of carbonyl (C=O) groups is 2. The molecule has 2 aliphatic rings. The number of nitrogens with one attached hydrogen (secondary N) is 1. The lowest BCUT2D eigenvalue weighted by atomic mass is 9.96. The summed E-state index contributed by atoms with van der Waals surface area (Å²) in [5.74, 6) is -0.00243. The van der Waals surface area contributed by atoms with Gasteiger partial charge in [0, 0.05) is 24.6 Å². The number of hydrogen-bond donors (Lipinski definition) is 1. The maximum Gasteiger partial charge on any atom is 0.243 e. The fourth-order valence-corrected chi connectivity index (χ4v) is 5.48. The van der Waals surface area contributed by atoms with Crippen LogP contribution in [0.15, 0.2) is 29.2 Å². The highest BCUT2D eigenvalue weighted by Crippen LogP contribution is 2.25. The van der Waals surface area contributed by atoms with Crippen LogP contribution in [-0.4, -0.2) is 75.1 Å². The molecule has 28 heavy (non-hydrogen) atoms. The van der Waals surface area contributed by atoms with Crippen molar-refractivity contribution >= 4 is 21.7 Å². The van der Waals surface area contributed by atoms with Crippen molar-refractivity contribution in [3.63, 3.8) is 0 Å². The molecular weight excluding hydrogens is 378 g/mol. The second-order valence-electron chi connectivity index (χ2n) is 7.69. The zero-order valence-electron chi connectivity index (χ0n) is 16.7. The Morgan fingerprint density at radius 1 is 1.04 bits per heavy atom. The molecule has 0 spiro atoms. The number of ketones is 1. The summed E-state index contributed by atoms with van der Waals surface area (Å²) in [4.78, 5) is 27.8. The van der Waals surface area contributed by atoms with Crippen LogP contribution >= 0.6 is 0 Å². The van der Waals surface area contributed by atoms with Crippen LogP contribution in [0.25, 0.3) is 0 Å². The molecule has 0 unspecified atom stereocenters. The lowest BCUT2D eigenvalue weighted by Gasteiger charge is -2.36. The average molecular weight is 409 g/mol. The van der Waals surface area contributed by atoms with E-state index in [4.69, 9.17) is 0 Å². The minimum absolute atomic E-state index is 0.0882. The molecule has 1 aromatic carbocycles. The van der Waals surface area contributed by atoms with Crippen molar-refractivity contribution in [2.75, 3.05) is 45.8 Å². The van der Waals surface area contributed by atoms with Crippen LogP contribution < -0.4 is 4.90 Å². The number of rotatable bonds is 5. The van der Waals surface area contributed by atoms with Gasteiger partial charge < -0.3 is 9.80 Å². The molecule has 7 nitrogen and oxygen atoms in total. The number of sulfonamides is 1. The van der Waals surface area contributed by atoms with Gasteiger partial charge in [-0.15, -0.1) is 0 Å². The molecule has 1 amide bonds. The number of likely N-dealkylation sites (N-methyl/N-ethyl adjacent to an activating group) is 1. The average Bonchev–Trinajstić information content (AvgIpc) is 2.73. The Morgan fingerprint density at radius 3 is 2.11 bits per heavy atom. The van der Waals surface area contributed by atoms with Crippen LogP contribution in [0.1, 0.15) is 37.0 Å². The van der Waals surface area contributed by atoms with Crippen molar-refractivity contribution in [2.45, 2.75) is 31.6 Å². The monoisotopic (exact) mass is 408 g/mol. The van der Waals surface area contributed by atoms with Crippen LogP contribution in [0.3, 0.4) is 0 Å². The van der Waals surface area contributed by atoms with Gasteiger partial charge in [0.05, 0.1) is 37.6 Å². The molecule has 2 fully saturated rings. The number of piperidine rings is 1. The van der Waals surface area contributed by atoms with Crippen LogP contribution in [0.4, 0.5) is 0 Å². The number of carbonyl (C=O) groups excluding carboxylic acids is 2. The van der Waals surface area contributed by atoms with Crippen molar-refractivity contribution in [1.29, 1.82) is 0 Å². The topological polar surface area (TPSA) is 79.2 Å². The van der Waals surface area contributed by atoms with Gasteiger partial charge >= 0.3 is 0 Å². The first kappa shape index (κ1) is 21.0. The largest absolute Gasteiger partial charge is 0.332 e. The maximum atomic E-state index is 12.9. The van der Waals surface area contributed by atoms with Gasteiger partial charge in [0.15, 0.2) is 5.78 Å². The van der Waals surface area contributed by atoms with Crippen LogP contribution in [0, 0.1) is 5.92 Å². The third-order valence-corrected chi connectivity index (χ3v) is 7.90. The first-order chi connectivity index (χ1) is 13.3. The van der Waals surface area contributed by atoms with Gasteiger partial charge in [-0.2, -0.15) is 4.31 Å². The Balaban J connectivity index is 1.58.